The molecule has 0 bridgehead atoms. The number of nitrogens with one attached hydrogen (secondary N) is 1. The average Bonchev–Trinajstić information content (AvgIpc) is 2.62. The van der Waals surface area contributed by atoms with E-state index in [1.165, 1.54) is 12.1 Å². The maximum Gasteiger partial charge on any atom is 0.295 e. The molecule has 1 aromatic rings. The lowest BCUT2D eigenvalue weighted by Gasteiger charge is -2.27. The van der Waals surface area contributed by atoms with Crippen molar-refractivity contribution in [2.24, 2.45) is 0 Å². The first-order valence-electron chi connectivity index (χ1n) is 6.90. The first kappa shape index (κ1) is 14.7. The van der Waals surface area contributed by atoms with Gasteiger partial charge in [-0.2, -0.15) is 0 Å². The van der Waals surface area contributed by atoms with Crippen LogP contribution in [0.2, 0.25) is 0 Å². The average molecular weight is 282 g/mol. The van der Waals surface area contributed by atoms with E-state index < -0.39 is 16.3 Å². The summed E-state index contributed by atoms with van der Waals surface area (Å²) in [6.07, 6.45) is 5.52. The Kier molecular flexibility index (Phi) is 4.54. The second-order valence-electron chi connectivity index (χ2n) is 5.41. The summed E-state index contributed by atoms with van der Waals surface area (Å²) in [6.45, 7) is 0.249. The van der Waals surface area contributed by atoms with Gasteiger partial charge in [0.2, 0.25) is 0 Å². The van der Waals surface area contributed by atoms with Crippen molar-refractivity contribution in [1.82, 2.24) is 0 Å². The Labute approximate surface area is 117 Å². The summed E-state index contributed by atoms with van der Waals surface area (Å²) in [5, 5.41) is 24.3. The summed E-state index contributed by atoms with van der Waals surface area (Å²) in [7, 11) is 0. The van der Waals surface area contributed by atoms with Crippen LogP contribution < -0.4 is 5.32 Å². The molecule has 2 rings (SSSR count). The molecule has 0 radical (unpaired) electrons. The van der Waals surface area contributed by atoms with Crippen LogP contribution in [0.15, 0.2) is 18.2 Å². The molecule has 5 nitrogen and oxygen atoms in total. The van der Waals surface area contributed by atoms with Crippen LogP contribution in [-0.2, 0) is 0 Å². The fraction of sp³-hybridized carbons (Fsp3) is 0.571. The topological polar surface area (TPSA) is 75.4 Å². The van der Waals surface area contributed by atoms with Gasteiger partial charge in [0.05, 0.1) is 16.6 Å². The summed E-state index contributed by atoms with van der Waals surface area (Å²) in [5.74, 6) is -0.643. The Morgan fingerprint density at radius 2 is 1.95 bits per heavy atom. The lowest BCUT2D eigenvalue weighted by atomic mass is 9.94. The molecule has 0 amide bonds. The first-order chi connectivity index (χ1) is 9.50. The highest BCUT2D eigenvalue weighted by atomic mass is 19.1. The number of rotatable bonds is 4. The molecule has 20 heavy (non-hydrogen) atoms. The van der Waals surface area contributed by atoms with Gasteiger partial charge in [-0.25, -0.2) is 4.39 Å². The predicted molar refractivity (Wildman–Crippen MR) is 74.2 cm³/mol. The van der Waals surface area contributed by atoms with Gasteiger partial charge in [-0.05, 0) is 25.0 Å². The Morgan fingerprint density at radius 1 is 1.30 bits per heavy atom. The fourth-order valence-corrected chi connectivity index (χ4v) is 2.63. The van der Waals surface area contributed by atoms with Gasteiger partial charge < -0.3 is 10.4 Å². The van der Waals surface area contributed by atoms with Crippen molar-refractivity contribution in [3.05, 3.63) is 34.1 Å². The number of nitrogens with zero attached hydrogens (tertiary/aromatic N) is 1. The molecule has 0 saturated heterocycles. The van der Waals surface area contributed by atoms with Gasteiger partial charge >= 0.3 is 0 Å². The van der Waals surface area contributed by atoms with Crippen LogP contribution in [-0.4, -0.2) is 22.2 Å². The van der Waals surface area contributed by atoms with E-state index in [1.54, 1.807) is 0 Å². The molecule has 110 valence electrons. The molecule has 0 spiro atoms. The number of aliphatic hydroxyl groups is 1. The van der Waals surface area contributed by atoms with Crippen molar-refractivity contribution < 1.29 is 14.4 Å². The molecule has 0 atom stereocenters. The molecule has 0 heterocycles. The summed E-state index contributed by atoms with van der Waals surface area (Å²) in [4.78, 5) is 10.3. The van der Waals surface area contributed by atoms with Crippen LogP contribution in [0.3, 0.4) is 0 Å². The van der Waals surface area contributed by atoms with Crippen molar-refractivity contribution in [3.8, 4) is 0 Å². The SMILES string of the molecule is O=[N+]([O-])c1cc(F)ccc1NCC1(O)CCCCCC1. The lowest BCUT2D eigenvalue weighted by Crippen LogP contribution is -2.36. The van der Waals surface area contributed by atoms with Gasteiger partial charge in [0.15, 0.2) is 0 Å². The van der Waals surface area contributed by atoms with Gasteiger partial charge in [0.1, 0.15) is 11.5 Å². The Morgan fingerprint density at radius 3 is 2.55 bits per heavy atom. The number of nitro benzene ring substituents is 1. The van der Waals surface area contributed by atoms with E-state index >= 15 is 0 Å². The highest BCUT2D eigenvalue weighted by Crippen LogP contribution is 2.30. The smallest absolute Gasteiger partial charge is 0.295 e. The maximum absolute atomic E-state index is 13.0. The van der Waals surface area contributed by atoms with E-state index in [0.29, 0.717) is 12.8 Å². The first-order valence-corrected chi connectivity index (χ1v) is 6.90. The van der Waals surface area contributed by atoms with E-state index in [-0.39, 0.29) is 17.9 Å². The molecular formula is C14H19FN2O3. The normalized spacial score (nSPS) is 18.3. The van der Waals surface area contributed by atoms with Gasteiger partial charge in [-0.15, -0.1) is 0 Å². The quantitative estimate of drug-likeness (QED) is 0.505. The van der Waals surface area contributed by atoms with E-state index in [1.807, 2.05) is 0 Å². The number of anilines is 1. The third-order valence-electron chi connectivity index (χ3n) is 3.80. The van der Waals surface area contributed by atoms with Crippen molar-refractivity contribution in [2.45, 2.75) is 44.1 Å². The minimum Gasteiger partial charge on any atom is -0.388 e. The number of hydrogen-bond donors (Lipinski definition) is 2. The number of halogens is 1. The summed E-state index contributed by atoms with van der Waals surface area (Å²) < 4.78 is 13.0. The molecule has 1 aromatic carbocycles. The van der Waals surface area contributed by atoms with Crippen LogP contribution in [0.25, 0.3) is 0 Å². The standard InChI is InChI=1S/C14H19FN2O3/c15-11-5-6-12(13(9-11)17(19)20)16-10-14(18)7-3-1-2-4-8-14/h5-6,9,16,18H,1-4,7-8,10H2. The molecule has 1 saturated carbocycles. The lowest BCUT2D eigenvalue weighted by molar-refractivity contribution is -0.384. The van der Waals surface area contributed by atoms with Crippen molar-refractivity contribution in [3.63, 3.8) is 0 Å². The minimum atomic E-state index is -0.835. The minimum absolute atomic E-state index is 0.245. The molecule has 1 aliphatic carbocycles. The largest absolute Gasteiger partial charge is 0.388 e. The monoisotopic (exact) mass is 282 g/mol. The second kappa shape index (κ2) is 6.17. The van der Waals surface area contributed by atoms with Crippen LogP contribution in [0, 0.1) is 15.9 Å². The van der Waals surface area contributed by atoms with Crippen LogP contribution in [0.1, 0.15) is 38.5 Å². The van der Waals surface area contributed by atoms with Crippen molar-refractivity contribution in [2.75, 3.05) is 11.9 Å². The maximum atomic E-state index is 13.0. The highest BCUT2D eigenvalue weighted by molar-refractivity contribution is 5.61. The van der Waals surface area contributed by atoms with E-state index in [9.17, 15) is 19.6 Å². The molecule has 0 aromatic heterocycles. The van der Waals surface area contributed by atoms with Crippen LogP contribution in [0.5, 0.6) is 0 Å². The molecule has 1 aliphatic rings. The van der Waals surface area contributed by atoms with E-state index in [0.717, 1.165) is 31.7 Å². The third kappa shape index (κ3) is 3.66. The second-order valence-corrected chi connectivity index (χ2v) is 5.41. The van der Waals surface area contributed by atoms with Crippen molar-refractivity contribution in [1.29, 1.82) is 0 Å². The fourth-order valence-electron chi connectivity index (χ4n) is 2.63. The van der Waals surface area contributed by atoms with Crippen LogP contribution in [0.4, 0.5) is 15.8 Å². The molecule has 2 N–H and O–H groups in total. The Hall–Kier alpha value is -1.69. The predicted octanol–water partition coefficient (Wildman–Crippen LogP) is 3.23. The zero-order valence-electron chi connectivity index (χ0n) is 11.3. The zero-order chi connectivity index (χ0) is 14.6. The highest BCUT2D eigenvalue weighted by Gasteiger charge is 2.28. The molecular weight excluding hydrogens is 263 g/mol. The summed E-state index contributed by atoms with van der Waals surface area (Å²) in [5.41, 5.74) is -0.894. The summed E-state index contributed by atoms with van der Waals surface area (Å²) >= 11 is 0. The number of benzene rings is 1. The van der Waals surface area contributed by atoms with Gasteiger partial charge in [0.25, 0.3) is 5.69 Å². The summed E-state index contributed by atoms with van der Waals surface area (Å²) in [6, 6.07) is 3.40. The molecule has 6 heteroatoms. The molecule has 1 fully saturated rings. The van der Waals surface area contributed by atoms with Crippen molar-refractivity contribution >= 4 is 11.4 Å². The van der Waals surface area contributed by atoms with E-state index in [2.05, 4.69) is 5.32 Å². The van der Waals surface area contributed by atoms with Gasteiger partial charge in [-0.3, -0.25) is 10.1 Å². The van der Waals surface area contributed by atoms with Gasteiger partial charge in [-0.1, -0.05) is 25.7 Å². The molecule has 0 unspecified atom stereocenters. The molecule has 0 aliphatic heterocycles. The van der Waals surface area contributed by atoms with Crippen LogP contribution >= 0.6 is 0 Å². The number of nitro groups is 1. The zero-order valence-corrected chi connectivity index (χ0v) is 11.3. The Bertz CT molecular complexity index is 485. The Balaban J connectivity index is 2.08. The number of hydrogen-bond acceptors (Lipinski definition) is 4. The van der Waals surface area contributed by atoms with Gasteiger partial charge in [0, 0.05) is 6.54 Å². The van der Waals surface area contributed by atoms with E-state index in [4.69, 9.17) is 0 Å². The third-order valence-corrected chi connectivity index (χ3v) is 3.80.